The third kappa shape index (κ3) is 5.85. The topological polar surface area (TPSA) is 87.7 Å². The monoisotopic (exact) mass is 443 g/mol. The second-order valence-corrected chi connectivity index (χ2v) is 8.90. The molecule has 8 heteroatoms. The lowest BCUT2D eigenvalue weighted by atomic mass is 9.88. The number of likely N-dealkylation sites (tertiary alicyclic amines) is 1. The number of benzene rings is 1. The molecular weight excluding hydrogens is 414 g/mol. The molecule has 2 N–H and O–H groups in total. The molecule has 3 rings (SSSR count). The molecule has 7 nitrogen and oxygen atoms in total. The first kappa shape index (κ1) is 22.8. The number of carbonyl (C=O) groups is 3. The number of rotatable bonds is 7. The van der Waals surface area contributed by atoms with Crippen molar-refractivity contribution >= 4 is 29.1 Å². The Morgan fingerprint density at radius 1 is 1.06 bits per heavy atom. The maximum atomic E-state index is 12.9. The first-order valence-electron chi connectivity index (χ1n) is 10.5. The van der Waals surface area contributed by atoms with Gasteiger partial charge in [0.05, 0.1) is 12.0 Å². The van der Waals surface area contributed by atoms with Gasteiger partial charge in [-0.05, 0) is 68.3 Å². The number of nitrogens with zero attached hydrogens (tertiary/aromatic N) is 1. The molecular formula is C23H29N3O4S. The summed E-state index contributed by atoms with van der Waals surface area (Å²) in [7, 11) is 1.57. The number of carbonyl (C=O) groups excluding carboxylic acids is 3. The Kier molecular flexibility index (Phi) is 7.68. The molecule has 1 aromatic heterocycles. The van der Waals surface area contributed by atoms with Crippen molar-refractivity contribution in [1.29, 1.82) is 0 Å². The van der Waals surface area contributed by atoms with Gasteiger partial charge in [-0.2, -0.15) is 0 Å². The summed E-state index contributed by atoms with van der Waals surface area (Å²) in [5, 5.41) is 7.73. The van der Waals surface area contributed by atoms with Crippen LogP contribution in [0, 0.1) is 5.92 Å². The standard InChI is InChI=1S/C23H29N3O4S/c1-15(2)24-22(28)20(25-21(27)17-6-8-18(30-3)9-7-17)16-10-12-26(13-11-16)23(29)19-5-4-14-31-19/h4-9,14-16,20H,10-13H2,1-3H3,(H,24,28)(H,25,27). The molecule has 1 aliphatic heterocycles. The number of hydrogen-bond acceptors (Lipinski definition) is 5. The molecule has 1 atom stereocenters. The highest BCUT2D eigenvalue weighted by molar-refractivity contribution is 7.12. The number of hydrogen-bond donors (Lipinski definition) is 2. The van der Waals surface area contributed by atoms with Gasteiger partial charge in [-0.25, -0.2) is 0 Å². The molecule has 1 unspecified atom stereocenters. The van der Waals surface area contributed by atoms with Gasteiger partial charge < -0.3 is 20.3 Å². The molecule has 0 saturated carbocycles. The molecule has 1 fully saturated rings. The van der Waals surface area contributed by atoms with E-state index in [1.54, 1.807) is 31.4 Å². The zero-order chi connectivity index (χ0) is 22.4. The van der Waals surface area contributed by atoms with Crippen LogP contribution in [0.15, 0.2) is 41.8 Å². The highest BCUT2D eigenvalue weighted by Gasteiger charge is 2.34. The fourth-order valence-corrected chi connectivity index (χ4v) is 4.42. The first-order chi connectivity index (χ1) is 14.9. The second kappa shape index (κ2) is 10.4. The second-order valence-electron chi connectivity index (χ2n) is 7.95. The first-order valence-corrected chi connectivity index (χ1v) is 11.3. The Balaban J connectivity index is 1.68. The number of piperidine rings is 1. The molecule has 1 saturated heterocycles. The number of nitrogens with one attached hydrogen (secondary N) is 2. The van der Waals surface area contributed by atoms with Crippen molar-refractivity contribution < 1.29 is 19.1 Å². The molecule has 0 spiro atoms. The summed E-state index contributed by atoms with van der Waals surface area (Å²) in [6, 6.07) is 9.78. The van der Waals surface area contributed by atoms with Crippen LogP contribution in [-0.2, 0) is 4.79 Å². The van der Waals surface area contributed by atoms with Gasteiger partial charge in [0.15, 0.2) is 0 Å². The molecule has 3 amide bonds. The van der Waals surface area contributed by atoms with Crippen molar-refractivity contribution in [3.63, 3.8) is 0 Å². The Morgan fingerprint density at radius 2 is 1.74 bits per heavy atom. The van der Waals surface area contributed by atoms with Crippen LogP contribution in [0.1, 0.15) is 46.7 Å². The van der Waals surface area contributed by atoms with Gasteiger partial charge in [0, 0.05) is 24.7 Å². The Morgan fingerprint density at radius 3 is 2.29 bits per heavy atom. The van der Waals surface area contributed by atoms with E-state index < -0.39 is 6.04 Å². The van der Waals surface area contributed by atoms with Crippen molar-refractivity contribution in [2.45, 2.75) is 38.8 Å². The van der Waals surface area contributed by atoms with Crippen molar-refractivity contribution in [1.82, 2.24) is 15.5 Å². The SMILES string of the molecule is COc1ccc(C(=O)NC(C(=O)NC(C)C)C2CCN(C(=O)c3cccs3)CC2)cc1. The van der Waals surface area contributed by atoms with Crippen LogP contribution in [0.5, 0.6) is 5.75 Å². The Labute approximate surface area is 186 Å². The largest absolute Gasteiger partial charge is 0.497 e. The van der Waals surface area contributed by atoms with Crippen LogP contribution in [0.2, 0.25) is 0 Å². The maximum absolute atomic E-state index is 12.9. The smallest absolute Gasteiger partial charge is 0.263 e. The summed E-state index contributed by atoms with van der Waals surface area (Å²) in [6.45, 7) is 4.90. The van der Waals surface area contributed by atoms with Gasteiger partial charge in [0.25, 0.3) is 11.8 Å². The lowest BCUT2D eigenvalue weighted by Crippen LogP contribution is -2.54. The predicted molar refractivity (Wildman–Crippen MR) is 120 cm³/mol. The fourth-order valence-electron chi connectivity index (χ4n) is 3.73. The average molecular weight is 444 g/mol. The zero-order valence-corrected chi connectivity index (χ0v) is 18.9. The molecule has 2 aromatic rings. The van der Waals surface area contributed by atoms with Crippen molar-refractivity contribution in [3.8, 4) is 5.75 Å². The molecule has 1 aliphatic rings. The Hall–Kier alpha value is -2.87. The Bertz CT molecular complexity index is 888. The molecule has 0 bridgehead atoms. The van der Waals surface area contributed by atoms with Gasteiger partial charge in [-0.3, -0.25) is 14.4 Å². The summed E-state index contributed by atoms with van der Waals surface area (Å²) in [5.41, 5.74) is 0.466. The van der Waals surface area contributed by atoms with Crippen LogP contribution in [0.3, 0.4) is 0 Å². The van der Waals surface area contributed by atoms with E-state index in [1.807, 2.05) is 36.3 Å². The molecule has 0 radical (unpaired) electrons. The van der Waals surface area contributed by atoms with Crippen LogP contribution in [0.4, 0.5) is 0 Å². The van der Waals surface area contributed by atoms with E-state index in [0.29, 0.717) is 37.2 Å². The van der Waals surface area contributed by atoms with Crippen molar-refractivity contribution in [3.05, 3.63) is 52.2 Å². The van der Waals surface area contributed by atoms with Gasteiger partial charge in [-0.1, -0.05) is 6.07 Å². The molecule has 1 aromatic carbocycles. The van der Waals surface area contributed by atoms with Crippen LogP contribution >= 0.6 is 11.3 Å². The third-order valence-electron chi connectivity index (χ3n) is 5.38. The molecule has 166 valence electrons. The fraction of sp³-hybridized carbons (Fsp3) is 0.435. The highest BCUT2D eigenvalue weighted by atomic mass is 32.1. The normalized spacial score (nSPS) is 15.4. The number of thiophene rings is 1. The summed E-state index contributed by atoms with van der Waals surface area (Å²) < 4.78 is 5.14. The molecule has 0 aliphatic carbocycles. The average Bonchev–Trinajstić information content (AvgIpc) is 3.31. The van der Waals surface area contributed by atoms with Crippen molar-refractivity contribution in [2.24, 2.45) is 5.92 Å². The lowest BCUT2D eigenvalue weighted by Gasteiger charge is -2.36. The van der Waals surface area contributed by atoms with E-state index >= 15 is 0 Å². The number of methoxy groups -OCH3 is 1. The minimum Gasteiger partial charge on any atom is -0.497 e. The van der Waals surface area contributed by atoms with Gasteiger partial charge >= 0.3 is 0 Å². The third-order valence-corrected chi connectivity index (χ3v) is 6.24. The van der Waals surface area contributed by atoms with Crippen LogP contribution in [-0.4, -0.2) is 54.9 Å². The van der Waals surface area contributed by atoms with E-state index in [-0.39, 0.29) is 29.7 Å². The summed E-state index contributed by atoms with van der Waals surface area (Å²) in [6.07, 6.45) is 1.30. The summed E-state index contributed by atoms with van der Waals surface area (Å²) in [5.74, 6) is 0.143. The minimum absolute atomic E-state index is 0.0268. The van der Waals surface area contributed by atoms with Crippen LogP contribution in [0.25, 0.3) is 0 Å². The van der Waals surface area contributed by atoms with E-state index in [1.165, 1.54) is 11.3 Å². The van der Waals surface area contributed by atoms with Gasteiger partial charge in [0.1, 0.15) is 11.8 Å². The summed E-state index contributed by atoms with van der Waals surface area (Å²) in [4.78, 5) is 40.9. The van der Waals surface area contributed by atoms with E-state index in [0.717, 1.165) is 4.88 Å². The summed E-state index contributed by atoms with van der Waals surface area (Å²) >= 11 is 1.43. The van der Waals surface area contributed by atoms with Crippen LogP contribution < -0.4 is 15.4 Å². The molecule has 31 heavy (non-hydrogen) atoms. The quantitative estimate of drug-likeness (QED) is 0.689. The maximum Gasteiger partial charge on any atom is 0.263 e. The predicted octanol–water partition coefficient (Wildman–Crippen LogP) is 2.93. The lowest BCUT2D eigenvalue weighted by molar-refractivity contribution is -0.125. The van der Waals surface area contributed by atoms with E-state index in [4.69, 9.17) is 4.74 Å². The molecule has 2 heterocycles. The van der Waals surface area contributed by atoms with E-state index in [9.17, 15) is 14.4 Å². The number of amides is 3. The van der Waals surface area contributed by atoms with Gasteiger partial charge in [0.2, 0.25) is 5.91 Å². The number of ether oxygens (including phenoxy) is 1. The zero-order valence-electron chi connectivity index (χ0n) is 18.1. The minimum atomic E-state index is -0.656. The van der Waals surface area contributed by atoms with Gasteiger partial charge in [-0.15, -0.1) is 11.3 Å². The highest BCUT2D eigenvalue weighted by Crippen LogP contribution is 2.24. The van der Waals surface area contributed by atoms with E-state index in [2.05, 4.69) is 10.6 Å². The van der Waals surface area contributed by atoms with Crippen molar-refractivity contribution in [2.75, 3.05) is 20.2 Å².